The molecule has 1 aromatic carbocycles. The number of aryl methyl sites for hydroxylation is 2. The van der Waals surface area contributed by atoms with Gasteiger partial charge in [0.25, 0.3) is 0 Å². The minimum atomic E-state index is 0.0177. The van der Waals surface area contributed by atoms with Gasteiger partial charge in [0, 0.05) is 17.3 Å². The molecular formula is C17H25N3O. The molecule has 0 fully saturated rings. The smallest absolute Gasteiger partial charge is 0.123 e. The molecule has 1 heterocycles. The molecule has 2 rings (SSSR count). The van der Waals surface area contributed by atoms with E-state index in [1.165, 1.54) is 5.69 Å². The lowest BCUT2D eigenvalue weighted by Crippen LogP contribution is -2.10. The summed E-state index contributed by atoms with van der Waals surface area (Å²) in [6.07, 6.45) is 1.93. The number of hydrogen-bond donors (Lipinski definition) is 1. The highest BCUT2D eigenvalue weighted by atomic mass is 16.5. The first-order valence-corrected chi connectivity index (χ1v) is 7.57. The van der Waals surface area contributed by atoms with Gasteiger partial charge in [-0.15, -0.1) is 0 Å². The fourth-order valence-corrected chi connectivity index (χ4v) is 2.48. The van der Waals surface area contributed by atoms with Crippen molar-refractivity contribution in [3.05, 3.63) is 46.8 Å². The van der Waals surface area contributed by atoms with Crippen LogP contribution in [0, 0.1) is 0 Å². The highest BCUT2D eigenvalue weighted by Crippen LogP contribution is 2.24. The summed E-state index contributed by atoms with van der Waals surface area (Å²) >= 11 is 0. The Balaban J connectivity index is 2.37. The van der Waals surface area contributed by atoms with Crippen LogP contribution in [0.1, 0.15) is 49.3 Å². The SMILES string of the molecule is CCc1cc(CC)n(Cc2cc(C(C)N)ccc2OC)n1. The molecule has 0 saturated carbocycles. The molecule has 0 bridgehead atoms. The summed E-state index contributed by atoms with van der Waals surface area (Å²) in [5.74, 6) is 0.884. The fraction of sp³-hybridized carbons (Fsp3) is 0.471. The molecule has 1 atom stereocenters. The van der Waals surface area contributed by atoms with Crippen molar-refractivity contribution in [2.75, 3.05) is 7.11 Å². The maximum absolute atomic E-state index is 5.99. The molecule has 0 amide bonds. The van der Waals surface area contributed by atoms with Crippen LogP contribution in [0.25, 0.3) is 0 Å². The average molecular weight is 287 g/mol. The van der Waals surface area contributed by atoms with Crippen molar-refractivity contribution in [2.45, 2.75) is 46.2 Å². The molecule has 4 heteroatoms. The molecule has 21 heavy (non-hydrogen) atoms. The molecule has 1 unspecified atom stereocenters. The van der Waals surface area contributed by atoms with E-state index in [1.54, 1.807) is 7.11 Å². The molecule has 0 spiro atoms. The van der Waals surface area contributed by atoms with E-state index in [0.29, 0.717) is 6.54 Å². The number of hydrogen-bond acceptors (Lipinski definition) is 3. The number of nitrogens with two attached hydrogens (primary N) is 1. The number of methoxy groups -OCH3 is 1. The monoisotopic (exact) mass is 287 g/mol. The van der Waals surface area contributed by atoms with E-state index in [2.05, 4.69) is 35.8 Å². The standard InChI is InChI=1S/C17H25N3O/c1-5-15-10-16(6-2)20(19-15)11-14-9-13(12(3)18)7-8-17(14)21-4/h7-10,12H,5-6,11,18H2,1-4H3. The Hall–Kier alpha value is -1.81. The third kappa shape index (κ3) is 3.45. The number of rotatable bonds is 6. The summed E-state index contributed by atoms with van der Waals surface area (Å²) in [5.41, 5.74) is 10.6. The maximum Gasteiger partial charge on any atom is 0.123 e. The Morgan fingerprint density at radius 2 is 2.00 bits per heavy atom. The van der Waals surface area contributed by atoms with Crippen molar-refractivity contribution in [1.82, 2.24) is 9.78 Å². The minimum Gasteiger partial charge on any atom is -0.496 e. The van der Waals surface area contributed by atoms with Gasteiger partial charge in [0.1, 0.15) is 5.75 Å². The van der Waals surface area contributed by atoms with Crippen molar-refractivity contribution >= 4 is 0 Å². The van der Waals surface area contributed by atoms with Crippen LogP contribution in [0.3, 0.4) is 0 Å². The van der Waals surface area contributed by atoms with Crippen LogP contribution in [0.5, 0.6) is 5.75 Å². The molecule has 0 saturated heterocycles. The van der Waals surface area contributed by atoms with Gasteiger partial charge in [-0.25, -0.2) is 0 Å². The average Bonchev–Trinajstić information content (AvgIpc) is 2.89. The van der Waals surface area contributed by atoms with Crippen LogP contribution in [0.4, 0.5) is 0 Å². The van der Waals surface area contributed by atoms with Crippen molar-refractivity contribution < 1.29 is 4.74 Å². The second-order valence-electron chi connectivity index (χ2n) is 5.35. The summed E-state index contributed by atoms with van der Waals surface area (Å²) in [5, 5.41) is 4.67. The predicted octanol–water partition coefficient (Wildman–Crippen LogP) is 3.08. The van der Waals surface area contributed by atoms with Gasteiger partial charge in [-0.05, 0) is 43.5 Å². The third-order valence-electron chi connectivity index (χ3n) is 3.79. The van der Waals surface area contributed by atoms with Crippen LogP contribution in [0.15, 0.2) is 24.3 Å². The Morgan fingerprint density at radius 1 is 1.24 bits per heavy atom. The van der Waals surface area contributed by atoms with E-state index in [1.807, 2.05) is 19.1 Å². The van der Waals surface area contributed by atoms with Gasteiger partial charge in [-0.1, -0.05) is 19.9 Å². The first-order valence-electron chi connectivity index (χ1n) is 7.57. The van der Waals surface area contributed by atoms with Crippen molar-refractivity contribution in [3.8, 4) is 5.75 Å². The second kappa shape index (κ2) is 6.76. The third-order valence-corrected chi connectivity index (χ3v) is 3.79. The Morgan fingerprint density at radius 3 is 2.57 bits per heavy atom. The Bertz CT molecular complexity index is 602. The summed E-state index contributed by atoms with van der Waals surface area (Å²) in [6, 6.07) is 8.33. The highest BCUT2D eigenvalue weighted by molar-refractivity contribution is 5.38. The van der Waals surface area contributed by atoms with Crippen LogP contribution >= 0.6 is 0 Å². The van der Waals surface area contributed by atoms with Crippen LogP contribution in [-0.4, -0.2) is 16.9 Å². The van der Waals surface area contributed by atoms with Crippen LogP contribution < -0.4 is 10.5 Å². The van der Waals surface area contributed by atoms with Crippen LogP contribution in [-0.2, 0) is 19.4 Å². The number of ether oxygens (including phenoxy) is 1. The number of benzene rings is 1. The van der Waals surface area contributed by atoms with Gasteiger partial charge in [0.15, 0.2) is 0 Å². The fourth-order valence-electron chi connectivity index (χ4n) is 2.48. The molecule has 114 valence electrons. The molecule has 0 aliphatic carbocycles. The number of aromatic nitrogens is 2. The van der Waals surface area contributed by atoms with Crippen molar-refractivity contribution in [3.63, 3.8) is 0 Å². The molecule has 0 aliphatic heterocycles. The van der Waals surface area contributed by atoms with Gasteiger partial charge in [0.05, 0.1) is 19.3 Å². The Kier molecular flexibility index (Phi) is 5.02. The van der Waals surface area contributed by atoms with E-state index in [-0.39, 0.29) is 6.04 Å². The molecule has 4 nitrogen and oxygen atoms in total. The summed E-state index contributed by atoms with van der Waals surface area (Å²) in [7, 11) is 1.70. The van der Waals surface area contributed by atoms with Gasteiger partial charge in [-0.3, -0.25) is 4.68 Å². The normalized spacial score (nSPS) is 12.4. The predicted molar refractivity (Wildman–Crippen MR) is 85.7 cm³/mol. The first-order chi connectivity index (χ1) is 10.1. The highest BCUT2D eigenvalue weighted by Gasteiger charge is 2.11. The maximum atomic E-state index is 5.99. The van der Waals surface area contributed by atoms with Gasteiger partial charge >= 0.3 is 0 Å². The van der Waals surface area contributed by atoms with Crippen molar-refractivity contribution in [2.24, 2.45) is 5.73 Å². The summed E-state index contributed by atoms with van der Waals surface area (Å²) < 4.78 is 7.55. The lowest BCUT2D eigenvalue weighted by Gasteiger charge is -2.14. The topological polar surface area (TPSA) is 53.1 Å². The van der Waals surface area contributed by atoms with E-state index >= 15 is 0 Å². The van der Waals surface area contributed by atoms with Crippen molar-refractivity contribution in [1.29, 1.82) is 0 Å². The molecule has 0 radical (unpaired) electrons. The first kappa shape index (κ1) is 15.6. The van der Waals surface area contributed by atoms with E-state index in [0.717, 1.165) is 35.4 Å². The number of nitrogens with zero attached hydrogens (tertiary/aromatic N) is 2. The molecule has 1 aromatic heterocycles. The van der Waals surface area contributed by atoms with Gasteiger partial charge in [-0.2, -0.15) is 5.10 Å². The zero-order valence-corrected chi connectivity index (χ0v) is 13.4. The zero-order valence-electron chi connectivity index (χ0n) is 13.4. The van der Waals surface area contributed by atoms with E-state index in [9.17, 15) is 0 Å². The Labute approximate surface area is 126 Å². The van der Waals surface area contributed by atoms with E-state index in [4.69, 9.17) is 10.5 Å². The lowest BCUT2D eigenvalue weighted by atomic mass is 10.0. The molecule has 2 N–H and O–H groups in total. The van der Waals surface area contributed by atoms with E-state index < -0.39 is 0 Å². The molecule has 2 aromatic rings. The lowest BCUT2D eigenvalue weighted by molar-refractivity contribution is 0.406. The van der Waals surface area contributed by atoms with Gasteiger partial charge < -0.3 is 10.5 Å². The molecular weight excluding hydrogens is 262 g/mol. The quantitative estimate of drug-likeness (QED) is 0.888. The minimum absolute atomic E-state index is 0.0177. The zero-order chi connectivity index (χ0) is 15.4. The largest absolute Gasteiger partial charge is 0.496 e. The summed E-state index contributed by atoms with van der Waals surface area (Å²) in [4.78, 5) is 0. The molecule has 0 aliphatic rings. The van der Waals surface area contributed by atoms with Crippen LogP contribution in [0.2, 0.25) is 0 Å². The second-order valence-corrected chi connectivity index (χ2v) is 5.35. The van der Waals surface area contributed by atoms with Gasteiger partial charge in [0.2, 0.25) is 0 Å². The summed E-state index contributed by atoms with van der Waals surface area (Å²) in [6.45, 7) is 6.99.